The summed E-state index contributed by atoms with van der Waals surface area (Å²) in [6.07, 6.45) is 0. The molecule has 9 heteroatoms. The summed E-state index contributed by atoms with van der Waals surface area (Å²) in [7, 11) is 2.97. The molecule has 0 radical (unpaired) electrons. The van der Waals surface area contributed by atoms with Crippen molar-refractivity contribution in [3.05, 3.63) is 41.4 Å². The zero-order valence-corrected chi connectivity index (χ0v) is 15.6. The Balaban J connectivity index is 1.96. The first-order valence-corrected chi connectivity index (χ1v) is 8.68. The highest BCUT2D eigenvalue weighted by Crippen LogP contribution is 2.35. The summed E-state index contributed by atoms with van der Waals surface area (Å²) in [5.74, 6) is -1.87. The Morgan fingerprint density at radius 1 is 1.15 bits per heavy atom. The quantitative estimate of drug-likeness (QED) is 0.625. The molecular formula is C17H17ClF2N2O3S. The highest BCUT2D eigenvalue weighted by molar-refractivity contribution is 7.99. The lowest BCUT2D eigenvalue weighted by molar-refractivity contribution is -0.114. The van der Waals surface area contributed by atoms with E-state index in [1.165, 1.54) is 26.4 Å². The number of halogens is 3. The van der Waals surface area contributed by atoms with Crippen LogP contribution in [0.15, 0.2) is 41.3 Å². The monoisotopic (exact) mass is 402 g/mol. The lowest BCUT2D eigenvalue weighted by Gasteiger charge is -2.14. The molecule has 0 unspecified atom stereocenters. The number of hydrogen-bond acceptors (Lipinski definition) is 5. The van der Waals surface area contributed by atoms with Crippen molar-refractivity contribution in [2.75, 3.05) is 31.4 Å². The van der Waals surface area contributed by atoms with E-state index in [9.17, 15) is 13.6 Å². The number of methoxy groups -OCH3 is 2. The number of benzene rings is 2. The average molecular weight is 403 g/mol. The van der Waals surface area contributed by atoms with Gasteiger partial charge in [0.05, 0.1) is 31.5 Å². The third-order valence-electron chi connectivity index (χ3n) is 3.28. The van der Waals surface area contributed by atoms with Gasteiger partial charge in [-0.25, -0.2) is 0 Å². The van der Waals surface area contributed by atoms with Crippen LogP contribution < -0.4 is 20.1 Å². The molecule has 1 amide bonds. The van der Waals surface area contributed by atoms with Gasteiger partial charge in [0, 0.05) is 22.7 Å². The summed E-state index contributed by atoms with van der Waals surface area (Å²) < 4.78 is 34.9. The van der Waals surface area contributed by atoms with Crippen LogP contribution >= 0.6 is 23.4 Å². The number of carbonyl (C=O) groups is 1. The normalized spacial score (nSPS) is 10.5. The minimum atomic E-state index is -2.48. The fraction of sp³-hybridized carbons (Fsp3) is 0.235. The molecule has 0 aliphatic rings. The molecule has 0 bridgehead atoms. The van der Waals surface area contributed by atoms with Gasteiger partial charge in [0.2, 0.25) is 5.91 Å². The van der Waals surface area contributed by atoms with Gasteiger partial charge in [-0.15, -0.1) is 0 Å². The van der Waals surface area contributed by atoms with E-state index in [4.69, 9.17) is 21.1 Å². The molecule has 0 saturated carbocycles. The lowest BCUT2D eigenvalue weighted by atomic mass is 10.2. The molecule has 0 fully saturated rings. The van der Waals surface area contributed by atoms with Gasteiger partial charge >= 0.3 is 0 Å². The maximum absolute atomic E-state index is 12.3. The Bertz CT molecular complexity index is 760. The molecular weight excluding hydrogens is 386 g/mol. The molecule has 0 spiro atoms. The van der Waals surface area contributed by atoms with E-state index < -0.39 is 5.76 Å². The molecule has 0 aliphatic heterocycles. The summed E-state index contributed by atoms with van der Waals surface area (Å²) in [5, 5.41) is 6.01. The van der Waals surface area contributed by atoms with Crippen molar-refractivity contribution in [2.45, 2.75) is 10.7 Å². The van der Waals surface area contributed by atoms with Gasteiger partial charge in [0.25, 0.3) is 5.76 Å². The van der Waals surface area contributed by atoms with Gasteiger partial charge in [-0.2, -0.15) is 8.78 Å². The molecule has 2 N–H and O–H groups in total. The van der Waals surface area contributed by atoms with E-state index in [1.807, 2.05) is 0 Å². The third kappa shape index (κ3) is 5.67. The number of alkyl halides is 2. The largest absolute Gasteiger partial charge is 0.495 e. The van der Waals surface area contributed by atoms with Crippen molar-refractivity contribution in [2.24, 2.45) is 0 Å². The Labute approximate surface area is 159 Å². The Morgan fingerprint density at radius 2 is 1.81 bits per heavy atom. The second kappa shape index (κ2) is 9.49. The van der Waals surface area contributed by atoms with Gasteiger partial charge in [-0.1, -0.05) is 23.4 Å². The Kier molecular flexibility index (Phi) is 7.35. The average Bonchev–Trinajstić information content (AvgIpc) is 2.61. The fourth-order valence-corrected chi connectivity index (χ4v) is 2.83. The summed E-state index contributed by atoms with van der Waals surface area (Å²) >= 11 is 6.48. The molecule has 0 aliphatic carbocycles. The van der Waals surface area contributed by atoms with Crippen molar-refractivity contribution in [3.8, 4) is 11.5 Å². The van der Waals surface area contributed by atoms with Crippen molar-refractivity contribution < 1.29 is 23.0 Å². The molecule has 2 aromatic rings. The van der Waals surface area contributed by atoms with E-state index in [-0.39, 0.29) is 12.5 Å². The first-order valence-electron chi connectivity index (χ1n) is 7.43. The highest BCUT2D eigenvalue weighted by atomic mass is 35.5. The number of thioether (sulfide) groups is 1. The number of rotatable bonds is 8. The van der Waals surface area contributed by atoms with Crippen molar-refractivity contribution in [1.82, 2.24) is 0 Å². The van der Waals surface area contributed by atoms with Crippen LogP contribution in [0.25, 0.3) is 0 Å². The molecule has 140 valence electrons. The van der Waals surface area contributed by atoms with E-state index in [0.717, 1.165) is 0 Å². The predicted octanol–water partition coefficient (Wildman–Crippen LogP) is 4.72. The van der Waals surface area contributed by atoms with Gasteiger partial charge in [0.15, 0.2) is 0 Å². The second-order valence-corrected chi connectivity index (χ2v) is 6.46. The number of carbonyl (C=O) groups excluding carboxylic acids is 1. The van der Waals surface area contributed by atoms with Gasteiger partial charge in [-0.05, 0) is 24.3 Å². The number of hydrogen-bond donors (Lipinski definition) is 2. The van der Waals surface area contributed by atoms with E-state index in [1.54, 1.807) is 24.3 Å². The van der Waals surface area contributed by atoms with Crippen LogP contribution in [0, 0.1) is 0 Å². The molecule has 2 aromatic carbocycles. The SMILES string of the molecule is COc1cc(NCC(=O)Nc2ccc(SC(F)F)cc2)c(OC)cc1Cl. The van der Waals surface area contributed by atoms with Crippen LogP contribution in [0.3, 0.4) is 0 Å². The molecule has 0 aromatic heterocycles. The lowest BCUT2D eigenvalue weighted by Crippen LogP contribution is -2.22. The van der Waals surface area contributed by atoms with Crippen LogP contribution in [0.2, 0.25) is 5.02 Å². The minimum absolute atomic E-state index is 0.0331. The second-order valence-electron chi connectivity index (χ2n) is 4.99. The maximum atomic E-state index is 12.3. The maximum Gasteiger partial charge on any atom is 0.288 e. The van der Waals surface area contributed by atoms with E-state index in [0.29, 0.717) is 44.6 Å². The Morgan fingerprint density at radius 3 is 2.38 bits per heavy atom. The van der Waals surface area contributed by atoms with E-state index in [2.05, 4.69) is 10.6 Å². The summed E-state index contributed by atoms with van der Waals surface area (Å²) in [4.78, 5) is 12.5. The third-order valence-corrected chi connectivity index (χ3v) is 4.29. The minimum Gasteiger partial charge on any atom is -0.495 e. The Hall–Kier alpha value is -2.19. The number of amides is 1. The van der Waals surface area contributed by atoms with Crippen molar-refractivity contribution in [1.29, 1.82) is 0 Å². The predicted molar refractivity (Wildman–Crippen MR) is 100.0 cm³/mol. The molecule has 2 rings (SSSR count). The van der Waals surface area contributed by atoms with Crippen LogP contribution in [-0.4, -0.2) is 32.4 Å². The zero-order chi connectivity index (χ0) is 19.1. The number of nitrogens with one attached hydrogen (secondary N) is 2. The molecule has 0 heterocycles. The van der Waals surface area contributed by atoms with Gasteiger partial charge in [0.1, 0.15) is 11.5 Å². The first kappa shape index (κ1) is 20.1. The molecule has 0 atom stereocenters. The number of anilines is 2. The van der Waals surface area contributed by atoms with Crippen molar-refractivity contribution >= 4 is 40.6 Å². The smallest absolute Gasteiger partial charge is 0.288 e. The number of ether oxygens (including phenoxy) is 2. The van der Waals surface area contributed by atoms with Gasteiger partial charge in [-0.3, -0.25) is 4.79 Å². The van der Waals surface area contributed by atoms with E-state index >= 15 is 0 Å². The van der Waals surface area contributed by atoms with Crippen LogP contribution in [-0.2, 0) is 4.79 Å². The summed E-state index contributed by atoms with van der Waals surface area (Å²) in [6.45, 7) is -0.0331. The topological polar surface area (TPSA) is 59.6 Å². The van der Waals surface area contributed by atoms with Crippen LogP contribution in [0.4, 0.5) is 20.2 Å². The standard InChI is InChI=1S/C17H17ClF2N2O3S/c1-24-14-8-13(15(25-2)7-12(14)18)21-9-16(23)22-10-3-5-11(6-4-10)26-17(19)20/h3-8,17,21H,9H2,1-2H3,(H,22,23). The molecule has 5 nitrogen and oxygen atoms in total. The summed E-state index contributed by atoms with van der Waals surface area (Å²) in [5.41, 5.74) is 1.06. The molecule has 26 heavy (non-hydrogen) atoms. The summed E-state index contributed by atoms with van der Waals surface area (Å²) in [6, 6.07) is 9.38. The van der Waals surface area contributed by atoms with Gasteiger partial charge < -0.3 is 20.1 Å². The molecule has 0 saturated heterocycles. The zero-order valence-electron chi connectivity index (χ0n) is 14.0. The van der Waals surface area contributed by atoms with Crippen LogP contribution in [0.5, 0.6) is 11.5 Å². The van der Waals surface area contributed by atoms with Crippen molar-refractivity contribution in [3.63, 3.8) is 0 Å². The van der Waals surface area contributed by atoms with Crippen LogP contribution in [0.1, 0.15) is 0 Å². The highest BCUT2D eigenvalue weighted by Gasteiger charge is 2.11. The first-order chi connectivity index (χ1) is 12.4. The fourth-order valence-electron chi connectivity index (χ4n) is 2.10.